The zero-order valence-electron chi connectivity index (χ0n) is 14.2. The van der Waals surface area contributed by atoms with Crippen molar-refractivity contribution in [3.8, 4) is 0 Å². The Morgan fingerprint density at radius 3 is 2.60 bits per heavy atom. The lowest BCUT2D eigenvalue weighted by atomic mass is 10.0. The molecule has 4 heteroatoms. The summed E-state index contributed by atoms with van der Waals surface area (Å²) in [5.41, 5.74) is 11.9. The van der Waals surface area contributed by atoms with Crippen LogP contribution in [0.2, 0.25) is 0 Å². The summed E-state index contributed by atoms with van der Waals surface area (Å²) in [6.45, 7) is 2.95. The number of hydrogen-bond acceptors (Lipinski definition) is 4. The average molecular weight is 330 g/mol. The molecule has 0 aliphatic carbocycles. The molecule has 4 rings (SSSR count). The maximum atomic E-state index is 6.34. The minimum absolute atomic E-state index is 0.270. The first-order chi connectivity index (χ1) is 12.3. The van der Waals surface area contributed by atoms with E-state index in [0.717, 1.165) is 37.4 Å². The van der Waals surface area contributed by atoms with Crippen LogP contribution in [-0.2, 0) is 19.5 Å². The van der Waals surface area contributed by atoms with Crippen molar-refractivity contribution in [2.45, 2.75) is 25.6 Å². The highest BCUT2D eigenvalue weighted by Gasteiger charge is 2.20. The van der Waals surface area contributed by atoms with Gasteiger partial charge in [0, 0.05) is 37.9 Å². The number of fused-ring (bicyclic) bond motifs is 1. The molecule has 0 saturated heterocycles. The summed E-state index contributed by atoms with van der Waals surface area (Å²) in [5, 5.41) is 0. The van der Waals surface area contributed by atoms with Crippen molar-refractivity contribution in [1.29, 1.82) is 0 Å². The number of aromatic nitrogens is 2. The van der Waals surface area contributed by atoms with Gasteiger partial charge in [0.15, 0.2) is 0 Å². The quantitative estimate of drug-likeness (QED) is 0.799. The lowest BCUT2D eigenvalue weighted by Crippen LogP contribution is -2.31. The van der Waals surface area contributed by atoms with E-state index in [4.69, 9.17) is 10.7 Å². The summed E-state index contributed by atoms with van der Waals surface area (Å²) in [5.74, 6) is 0. The van der Waals surface area contributed by atoms with Crippen LogP contribution < -0.4 is 5.73 Å². The number of nitrogens with zero attached hydrogens (tertiary/aromatic N) is 3. The lowest BCUT2D eigenvalue weighted by molar-refractivity contribution is 0.243. The Labute approximate surface area is 148 Å². The zero-order chi connectivity index (χ0) is 17.1. The molecule has 1 atom stereocenters. The summed E-state index contributed by atoms with van der Waals surface area (Å²) in [6, 6.07) is 20.4. The van der Waals surface area contributed by atoms with E-state index in [-0.39, 0.29) is 6.04 Å². The molecule has 1 aliphatic heterocycles. The highest BCUT2D eigenvalue weighted by molar-refractivity contribution is 5.30. The fraction of sp³-hybridized carbons (Fsp3) is 0.238. The van der Waals surface area contributed by atoms with Gasteiger partial charge in [-0.1, -0.05) is 42.5 Å². The number of nitrogens with two attached hydrogens (primary N) is 1. The van der Waals surface area contributed by atoms with Gasteiger partial charge in [0.05, 0.1) is 17.4 Å². The number of benzene rings is 1. The van der Waals surface area contributed by atoms with E-state index >= 15 is 0 Å². The second-order valence-corrected chi connectivity index (χ2v) is 6.52. The summed E-state index contributed by atoms with van der Waals surface area (Å²) in [7, 11) is 0. The van der Waals surface area contributed by atoms with E-state index in [1.807, 2.05) is 24.3 Å². The van der Waals surface area contributed by atoms with Gasteiger partial charge < -0.3 is 5.73 Å². The molecule has 0 spiro atoms. The third-order valence-electron chi connectivity index (χ3n) is 4.72. The van der Waals surface area contributed by atoms with Gasteiger partial charge in [-0.15, -0.1) is 0 Å². The maximum Gasteiger partial charge on any atom is 0.0900 e. The molecular formula is C21H22N4. The average Bonchev–Trinajstić information content (AvgIpc) is 2.68. The molecule has 0 amide bonds. The highest BCUT2D eigenvalue weighted by Crippen LogP contribution is 2.23. The van der Waals surface area contributed by atoms with E-state index in [0.29, 0.717) is 0 Å². The van der Waals surface area contributed by atoms with Crippen molar-refractivity contribution in [3.05, 3.63) is 95.1 Å². The number of rotatable bonds is 4. The molecule has 2 aromatic heterocycles. The zero-order valence-corrected chi connectivity index (χ0v) is 14.2. The van der Waals surface area contributed by atoms with Crippen LogP contribution in [0.25, 0.3) is 0 Å². The summed E-state index contributed by atoms with van der Waals surface area (Å²) in [4.78, 5) is 11.7. The summed E-state index contributed by atoms with van der Waals surface area (Å²) in [6.07, 6.45) is 2.74. The van der Waals surface area contributed by atoms with Gasteiger partial charge in [0.1, 0.15) is 0 Å². The normalized spacial score (nSPS) is 15.6. The third kappa shape index (κ3) is 3.60. The first-order valence-electron chi connectivity index (χ1n) is 8.71. The Kier molecular flexibility index (Phi) is 4.55. The van der Waals surface area contributed by atoms with E-state index in [1.165, 1.54) is 16.8 Å². The van der Waals surface area contributed by atoms with Gasteiger partial charge in [-0.25, -0.2) is 0 Å². The van der Waals surface area contributed by atoms with Crippen LogP contribution in [0.1, 0.15) is 34.3 Å². The smallest absolute Gasteiger partial charge is 0.0900 e. The first kappa shape index (κ1) is 15.9. The molecule has 2 N–H and O–H groups in total. The van der Waals surface area contributed by atoms with E-state index in [2.05, 4.69) is 46.3 Å². The van der Waals surface area contributed by atoms with E-state index < -0.39 is 0 Å². The third-order valence-corrected chi connectivity index (χ3v) is 4.72. The van der Waals surface area contributed by atoms with Gasteiger partial charge in [-0.2, -0.15) is 0 Å². The van der Waals surface area contributed by atoms with Crippen LogP contribution >= 0.6 is 0 Å². The van der Waals surface area contributed by atoms with Gasteiger partial charge in [0.2, 0.25) is 0 Å². The predicted octanol–water partition coefficient (Wildman–Crippen LogP) is 3.08. The largest absolute Gasteiger partial charge is 0.318 e. The fourth-order valence-corrected chi connectivity index (χ4v) is 3.35. The van der Waals surface area contributed by atoms with Gasteiger partial charge in [-0.3, -0.25) is 14.9 Å². The molecule has 3 aromatic rings. The maximum absolute atomic E-state index is 6.34. The van der Waals surface area contributed by atoms with Crippen LogP contribution in [0.4, 0.5) is 0 Å². The molecule has 25 heavy (non-hydrogen) atoms. The minimum Gasteiger partial charge on any atom is -0.318 e. The van der Waals surface area contributed by atoms with Gasteiger partial charge in [0.25, 0.3) is 0 Å². The van der Waals surface area contributed by atoms with E-state index in [9.17, 15) is 0 Å². The first-order valence-corrected chi connectivity index (χ1v) is 8.71. The molecule has 126 valence electrons. The highest BCUT2D eigenvalue weighted by atomic mass is 15.1. The predicted molar refractivity (Wildman–Crippen MR) is 98.8 cm³/mol. The SMILES string of the molecule is NC(c1ccccn1)c1ccc2c(n1)CCN(Cc1ccccc1)C2. The molecular weight excluding hydrogens is 308 g/mol. The molecule has 0 radical (unpaired) electrons. The Morgan fingerprint density at radius 1 is 0.960 bits per heavy atom. The van der Waals surface area contributed by atoms with E-state index in [1.54, 1.807) is 6.20 Å². The van der Waals surface area contributed by atoms with Crippen molar-refractivity contribution >= 4 is 0 Å². The van der Waals surface area contributed by atoms with Crippen LogP contribution in [-0.4, -0.2) is 21.4 Å². The Balaban J connectivity index is 1.49. The van der Waals surface area contributed by atoms with Crippen LogP contribution in [0, 0.1) is 0 Å². The molecule has 1 aromatic carbocycles. The fourth-order valence-electron chi connectivity index (χ4n) is 3.35. The van der Waals surface area contributed by atoms with Gasteiger partial charge >= 0.3 is 0 Å². The minimum atomic E-state index is -0.270. The van der Waals surface area contributed by atoms with Crippen molar-refractivity contribution in [2.75, 3.05) is 6.54 Å². The van der Waals surface area contributed by atoms with Crippen molar-refractivity contribution < 1.29 is 0 Å². The lowest BCUT2D eigenvalue weighted by Gasteiger charge is -2.28. The van der Waals surface area contributed by atoms with Crippen molar-refractivity contribution in [2.24, 2.45) is 5.73 Å². The van der Waals surface area contributed by atoms with Crippen LogP contribution in [0.15, 0.2) is 66.9 Å². The Hall–Kier alpha value is -2.56. The van der Waals surface area contributed by atoms with Crippen molar-refractivity contribution in [3.63, 3.8) is 0 Å². The number of pyridine rings is 2. The Bertz CT molecular complexity index is 833. The number of hydrogen-bond donors (Lipinski definition) is 1. The molecule has 1 unspecified atom stereocenters. The van der Waals surface area contributed by atoms with Gasteiger partial charge in [-0.05, 0) is 29.3 Å². The molecule has 0 bridgehead atoms. The molecule has 0 saturated carbocycles. The molecule has 0 fully saturated rings. The molecule has 1 aliphatic rings. The monoisotopic (exact) mass is 330 g/mol. The second kappa shape index (κ2) is 7.13. The Morgan fingerprint density at radius 2 is 1.80 bits per heavy atom. The molecule has 4 nitrogen and oxygen atoms in total. The second-order valence-electron chi connectivity index (χ2n) is 6.52. The summed E-state index contributed by atoms with van der Waals surface area (Å²) >= 11 is 0. The standard InChI is InChI=1S/C21H22N4/c22-21(19-8-4-5-12-23-19)20-10-9-17-15-25(13-11-18(17)24-20)14-16-6-2-1-3-7-16/h1-10,12,21H,11,13-15,22H2. The topological polar surface area (TPSA) is 55.0 Å². The van der Waals surface area contributed by atoms with Crippen LogP contribution in [0.5, 0.6) is 0 Å². The van der Waals surface area contributed by atoms with Crippen molar-refractivity contribution in [1.82, 2.24) is 14.9 Å². The van der Waals surface area contributed by atoms with Crippen LogP contribution in [0.3, 0.4) is 0 Å². The summed E-state index contributed by atoms with van der Waals surface area (Å²) < 4.78 is 0. The molecule has 3 heterocycles.